The lowest BCUT2D eigenvalue weighted by molar-refractivity contribution is 0.0391. The van der Waals surface area contributed by atoms with Crippen molar-refractivity contribution in [3.63, 3.8) is 0 Å². The van der Waals surface area contributed by atoms with E-state index in [9.17, 15) is 4.79 Å². The standard InChI is InChI=1S/C26H27N3O3S/c1-2-32-22-9-10-23-24(18-22)33-26(27-23)29(12-11-28-13-15-31-16-14-28)25(30)21-8-7-19-5-3-4-6-20(19)17-21/h3-10,17-18H,2,11-16H2,1H3. The van der Waals surface area contributed by atoms with Crippen LogP contribution < -0.4 is 9.64 Å². The SMILES string of the molecule is CCOc1ccc2nc(N(CCN3CCOCC3)C(=O)c3ccc4ccccc4c3)sc2c1. The maximum atomic E-state index is 13.7. The van der Waals surface area contributed by atoms with E-state index in [0.29, 0.717) is 23.8 Å². The predicted octanol–water partition coefficient (Wildman–Crippen LogP) is 4.83. The second-order valence-electron chi connectivity index (χ2n) is 8.03. The molecular weight excluding hydrogens is 434 g/mol. The number of nitrogens with zero attached hydrogens (tertiary/aromatic N) is 3. The number of hydrogen-bond donors (Lipinski definition) is 0. The summed E-state index contributed by atoms with van der Waals surface area (Å²) in [5, 5.41) is 2.89. The Labute approximate surface area is 197 Å². The maximum absolute atomic E-state index is 13.7. The highest BCUT2D eigenvalue weighted by Gasteiger charge is 2.23. The fourth-order valence-electron chi connectivity index (χ4n) is 4.09. The number of amides is 1. The molecule has 170 valence electrons. The van der Waals surface area contributed by atoms with Crippen LogP contribution in [0.3, 0.4) is 0 Å². The number of rotatable bonds is 7. The Hall–Kier alpha value is -3.00. The van der Waals surface area contributed by atoms with Gasteiger partial charge in [0.05, 0.1) is 30.0 Å². The smallest absolute Gasteiger partial charge is 0.260 e. The van der Waals surface area contributed by atoms with E-state index in [2.05, 4.69) is 11.0 Å². The van der Waals surface area contributed by atoms with Crippen LogP contribution in [-0.2, 0) is 4.74 Å². The number of thiazole rings is 1. The molecule has 0 saturated carbocycles. The Morgan fingerprint density at radius 1 is 1.09 bits per heavy atom. The van der Waals surface area contributed by atoms with E-state index in [-0.39, 0.29) is 5.91 Å². The zero-order valence-electron chi connectivity index (χ0n) is 18.7. The molecule has 1 amide bonds. The Kier molecular flexibility index (Phi) is 6.53. The first-order valence-corrected chi connectivity index (χ1v) is 12.2. The summed E-state index contributed by atoms with van der Waals surface area (Å²) in [5.41, 5.74) is 1.55. The third-order valence-corrected chi connectivity index (χ3v) is 6.92. The zero-order chi connectivity index (χ0) is 22.6. The molecule has 4 aromatic rings. The molecule has 6 nitrogen and oxygen atoms in total. The lowest BCUT2D eigenvalue weighted by Gasteiger charge is -2.29. The van der Waals surface area contributed by atoms with Crippen LogP contribution in [0.25, 0.3) is 21.0 Å². The van der Waals surface area contributed by atoms with Crippen molar-refractivity contribution < 1.29 is 14.3 Å². The van der Waals surface area contributed by atoms with Crippen molar-refractivity contribution in [2.45, 2.75) is 6.92 Å². The number of carbonyl (C=O) groups is 1. The third kappa shape index (κ3) is 4.85. The highest BCUT2D eigenvalue weighted by Crippen LogP contribution is 2.32. The van der Waals surface area contributed by atoms with Crippen LogP contribution in [0.5, 0.6) is 5.75 Å². The molecule has 0 aliphatic carbocycles. The number of carbonyl (C=O) groups excluding carboxylic acids is 1. The van der Waals surface area contributed by atoms with E-state index in [0.717, 1.165) is 59.6 Å². The zero-order valence-corrected chi connectivity index (χ0v) is 19.5. The summed E-state index contributed by atoms with van der Waals surface area (Å²) >= 11 is 1.53. The summed E-state index contributed by atoms with van der Waals surface area (Å²) < 4.78 is 12.1. The number of fused-ring (bicyclic) bond motifs is 2. The summed E-state index contributed by atoms with van der Waals surface area (Å²) in [5.74, 6) is 0.791. The Morgan fingerprint density at radius 2 is 1.91 bits per heavy atom. The molecule has 0 radical (unpaired) electrons. The molecule has 33 heavy (non-hydrogen) atoms. The second kappa shape index (κ2) is 9.87. The number of ether oxygens (including phenoxy) is 2. The summed E-state index contributed by atoms with van der Waals surface area (Å²) in [6.07, 6.45) is 0. The highest BCUT2D eigenvalue weighted by molar-refractivity contribution is 7.22. The van der Waals surface area contributed by atoms with E-state index in [1.54, 1.807) is 0 Å². The first-order valence-electron chi connectivity index (χ1n) is 11.4. The molecular formula is C26H27N3O3S. The summed E-state index contributed by atoms with van der Waals surface area (Å²) in [6.45, 7) is 7.18. The molecule has 0 atom stereocenters. The van der Waals surface area contributed by atoms with E-state index in [4.69, 9.17) is 14.5 Å². The topological polar surface area (TPSA) is 54.9 Å². The first kappa shape index (κ1) is 21.8. The number of morpholine rings is 1. The molecule has 1 fully saturated rings. The van der Waals surface area contributed by atoms with Gasteiger partial charge < -0.3 is 9.47 Å². The van der Waals surface area contributed by atoms with Gasteiger partial charge in [-0.05, 0) is 48.0 Å². The number of anilines is 1. The van der Waals surface area contributed by atoms with Crippen molar-refractivity contribution >= 4 is 43.4 Å². The molecule has 3 aromatic carbocycles. The predicted molar refractivity (Wildman–Crippen MR) is 134 cm³/mol. The van der Waals surface area contributed by atoms with Crippen molar-refractivity contribution in [2.24, 2.45) is 0 Å². The molecule has 0 unspecified atom stereocenters. The molecule has 1 aliphatic rings. The van der Waals surface area contributed by atoms with Gasteiger partial charge in [0.1, 0.15) is 5.75 Å². The fraction of sp³-hybridized carbons (Fsp3) is 0.308. The van der Waals surface area contributed by atoms with Gasteiger partial charge in [0.15, 0.2) is 5.13 Å². The first-order chi connectivity index (χ1) is 16.2. The van der Waals surface area contributed by atoms with Crippen LogP contribution in [0.2, 0.25) is 0 Å². The van der Waals surface area contributed by atoms with Crippen LogP contribution in [-0.4, -0.2) is 61.8 Å². The Balaban J connectivity index is 1.47. The fourth-order valence-corrected chi connectivity index (χ4v) is 5.11. The van der Waals surface area contributed by atoms with Crippen molar-refractivity contribution in [3.05, 3.63) is 66.2 Å². The quantitative estimate of drug-likeness (QED) is 0.395. The molecule has 1 saturated heterocycles. The maximum Gasteiger partial charge on any atom is 0.260 e. The van der Waals surface area contributed by atoms with Crippen LogP contribution in [0, 0.1) is 0 Å². The normalized spacial score (nSPS) is 14.6. The molecule has 1 aromatic heterocycles. The lowest BCUT2D eigenvalue weighted by Crippen LogP contribution is -2.43. The summed E-state index contributed by atoms with van der Waals surface area (Å²) in [6, 6.07) is 19.9. The van der Waals surface area contributed by atoms with Crippen molar-refractivity contribution in [1.29, 1.82) is 0 Å². The van der Waals surface area contributed by atoms with Gasteiger partial charge in [0.25, 0.3) is 5.91 Å². The van der Waals surface area contributed by atoms with E-state index >= 15 is 0 Å². The number of benzene rings is 3. The molecule has 7 heteroatoms. The molecule has 1 aliphatic heterocycles. The van der Waals surface area contributed by atoms with Crippen molar-refractivity contribution in [1.82, 2.24) is 9.88 Å². The summed E-state index contributed by atoms with van der Waals surface area (Å²) in [4.78, 5) is 22.7. The minimum Gasteiger partial charge on any atom is -0.494 e. The van der Waals surface area contributed by atoms with Crippen molar-refractivity contribution in [3.8, 4) is 5.75 Å². The van der Waals surface area contributed by atoms with Gasteiger partial charge in [0, 0.05) is 31.7 Å². The minimum atomic E-state index is -0.0295. The van der Waals surface area contributed by atoms with E-state index in [1.807, 2.05) is 66.4 Å². The van der Waals surface area contributed by atoms with Gasteiger partial charge in [-0.15, -0.1) is 0 Å². The molecule has 0 spiro atoms. The minimum absolute atomic E-state index is 0.0295. The molecule has 0 N–H and O–H groups in total. The van der Waals surface area contributed by atoms with Crippen LogP contribution in [0.15, 0.2) is 60.7 Å². The highest BCUT2D eigenvalue weighted by atomic mass is 32.1. The van der Waals surface area contributed by atoms with Gasteiger partial charge in [-0.1, -0.05) is 41.7 Å². The monoisotopic (exact) mass is 461 g/mol. The van der Waals surface area contributed by atoms with Gasteiger partial charge in [0.2, 0.25) is 0 Å². The Bertz CT molecular complexity index is 1270. The Morgan fingerprint density at radius 3 is 2.73 bits per heavy atom. The lowest BCUT2D eigenvalue weighted by atomic mass is 10.1. The van der Waals surface area contributed by atoms with Gasteiger partial charge in [-0.2, -0.15) is 0 Å². The molecule has 5 rings (SSSR count). The number of aromatic nitrogens is 1. The summed E-state index contributed by atoms with van der Waals surface area (Å²) in [7, 11) is 0. The van der Waals surface area contributed by atoms with E-state index in [1.165, 1.54) is 11.3 Å². The van der Waals surface area contributed by atoms with Gasteiger partial charge in [-0.25, -0.2) is 4.98 Å². The second-order valence-corrected chi connectivity index (χ2v) is 9.04. The molecule has 0 bridgehead atoms. The average Bonchev–Trinajstić information content (AvgIpc) is 3.27. The third-order valence-electron chi connectivity index (χ3n) is 5.88. The van der Waals surface area contributed by atoms with E-state index < -0.39 is 0 Å². The van der Waals surface area contributed by atoms with Crippen LogP contribution in [0.4, 0.5) is 5.13 Å². The van der Waals surface area contributed by atoms with Crippen LogP contribution >= 0.6 is 11.3 Å². The van der Waals surface area contributed by atoms with Gasteiger partial charge >= 0.3 is 0 Å². The average molecular weight is 462 g/mol. The number of hydrogen-bond acceptors (Lipinski definition) is 6. The van der Waals surface area contributed by atoms with Gasteiger partial charge in [-0.3, -0.25) is 14.6 Å². The van der Waals surface area contributed by atoms with Crippen LogP contribution in [0.1, 0.15) is 17.3 Å². The van der Waals surface area contributed by atoms with Crippen molar-refractivity contribution in [2.75, 3.05) is 50.9 Å². The molecule has 2 heterocycles. The largest absolute Gasteiger partial charge is 0.494 e.